The van der Waals surface area contributed by atoms with E-state index >= 15 is 0 Å². The molecule has 0 aliphatic carbocycles. The second kappa shape index (κ2) is 9.87. The molecule has 0 rings (SSSR count). The van der Waals surface area contributed by atoms with Crippen molar-refractivity contribution in [2.45, 2.75) is 98.5 Å². The van der Waals surface area contributed by atoms with Crippen LogP contribution in [0.15, 0.2) is 0 Å². The molecular formula is C18H37F3N2. The highest BCUT2D eigenvalue weighted by atomic mass is 19.4. The van der Waals surface area contributed by atoms with Crippen molar-refractivity contribution in [1.29, 1.82) is 0 Å². The fourth-order valence-electron chi connectivity index (χ4n) is 2.65. The van der Waals surface area contributed by atoms with Gasteiger partial charge in [0.15, 0.2) is 0 Å². The molecule has 0 spiro atoms. The minimum absolute atomic E-state index is 0.0300. The van der Waals surface area contributed by atoms with Gasteiger partial charge < -0.3 is 10.6 Å². The van der Waals surface area contributed by atoms with E-state index in [9.17, 15) is 13.2 Å². The van der Waals surface area contributed by atoms with Gasteiger partial charge in [-0.2, -0.15) is 13.2 Å². The standard InChI is InChI=1S/C18H37F3N2/c1-13(2)11-16(18(19,20)21)23-15(5)9-8-10-17(6,7)12-22-14(3)4/h13-16,22-23H,8-12H2,1-7H3. The van der Waals surface area contributed by atoms with Crippen LogP contribution >= 0.6 is 0 Å². The van der Waals surface area contributed by atoms with Crippen molar-refractivity contribution in [3.63, 3.8) is 0 Å². The van der Waals surface area contributed by atoms with Gasteiger partial charge in [0.2, 0.25) is 0 Å². The molecule has 0 saturated carbocycles. The summed E-state index contributed by atoms with van der Waals surface area (Å²) in [4.78, 5) is 0. The Morgan fingerprint density at radius 2 is 1.52 bits per heavy atom. The van der Waals surface area contributed by atoms with E-state index in [1.165, 1.54) is 0 Å². The molecule has 0 bridgehead atoms. The van der Waals surface area contributed by atoms with Gasteiger partial charge in [0.1, 0.15) is 6.04 Å². The van der Waals surface area contributed by atoms with Gasteiger partial charge in [0, 0.05) is 18.6 Å². The number of hydrogen-bond acceptors (Lipinski definition) is 2. The molecule has 2 N–H and O–H groups in total. The number of alkyl halides is 3. The zero-order valence-electron chi connectivity index (χ0n) is 16.0. The van der Waals surface area contributed by atoms with Crippen molar-refractivity contribution in [2.24, 2.45) is 11.3 Å². The summed E-state index contributed by atoms with van der Waals surface area (Å²) >= 11 is 0. The lowest BCUT2D eigenvalue weighted by molar-refractivity contribution is -0.161. The topological polar surface area (TPSA) is 24.1 Å². The van der Waals surface area contributed by atoms with Crippen molar-refractivity contribution in [3.8, 4) is 0 Å². The molecule has 2 nitrogen and oxygen atoms in total. The summed E-state index contributed by atoms with van der Waals surface area (Å²) in [6.07, 6.45) is -1.31. The first-order valence-corrected chi connectivity index (χ1v) is 8.89. The van der Waals surface area contributed by atoms with Crippen LogP contribution < -0.4 is 10.6 Å². The fraction of sp³-hybridized carbons (Fsp3) is 1.00. The van der Waals surface area contributed by atoms with Crippen LogP contribution in [0.4, 0.5) is 13.2 Å². The third-order valence-electron chi connectivity index (χ3n) is 4.07. The molecule has 0 aliphatic heterocycles. The van der Waals surface area contributed by atoms with E-state index in [2.05, 4.69) is 38.3 Å². The average molecular weight is 339 g/mol. The summed E-state index contributed by atoms with van der Waals surface area (Å²) in [6, 6.07) is -1.05. The zero-order valence-corrected chi connectivity index (χ0v) is 16.0. The smallest absolute Gasteiger partial charge is 0.314 e. The van der Waals surface area contributed by atoms with Crippen molar-refractivity contribution < 1.29 is 13.2 Å². The lowest BCUT2D eigenvalue weighted by Crippen LogP contribution is -2.47. The maximum atomic E-state index is 13.1. The molecule has 2 unspecified atom stereocenters. The van der Waals surface area contributed by atoms with E-state index in [0.717, 1.165) is 25.8 Å². The number of hydrogen-bond donors (Lipinski definition) is 2. The molecular weight excluding hydrogens is 301 g/mol. The quantitative estimate of drug-likeness (QED) is 0.545. The summed E-state index contributed by atoms with van der Waals surface area (Å²) in [7, 11) is 0. The molecule has 0 aliphatic rings. The highest BCUT2D eigenvalue weighted by molar-refractivity contribution is 4.80. The SMILES string of the molecule is CC(C)CC(NC(C)CCCC(C)(C)CNC(C)C)C(F)(F)F. The average Bonchev–Trinajstić information content (AvgIpc) is 2.34. The molecule has 0 fully saturated rings. The van der Waals surface area contributed by atoms with Crippen LogP contribution in [0.5, 0.6) is 0 Å². The van der Waals surface area contributed by atoms with Crippen molar-refractivity contribution in [2.75, 3.05) is 6.54 Å². The second-order valence-corrected chi connectivity index (χ2v) is 8.38. The maximum Gasteiger partial charge on any atom is 0.403 e. The van der Waals surface area contributed by atoms with Gasteiger partial charge >= 0.3 is 6.18 Å². The Morgan fingerprint density at radius 1 is 0.957 bits per heavy atom. The molecule has 0 heterocycles. The molecule has 140 valence electrons. The monoisotopic (exact) mass is 338 g/mol. The number of rotatable bonds is 11. The molecule has 0 aromatic carbocycles. The van der Waals surface area contributed by atoms with Gasteiger partial charge in [-0.3, -0.25) is 0 Å². The van der Waals surface area contributed by atoms with Gasteiger partial charge in [-0.05, 0) is 37.5 Å². The summed E-state index contributed by atoms with van der Waals surface area (Å²) in [5.41, 5.74) is 0.172. The predicted molar refractivity (Wildman–Crippen MR) is 92.7 cm³/mol. The minimum Gasteiger partial charge on any atom is -0.314 e. The molecule has 2 atom stereocenters. The van der Waals surface area contributed by atoms with Crippen molar-refractivity contribution in [1.82, 2.24) is 10.6 Å². The van der Waals surface area contributed by atoms with Crippen LogP contribution in [-0.4, -0.2) is 30.8 Å². The highest BCUT2D eigenvalue weighted by Gasteiger charge is 2.40. The van der Waals surface area contributed by atoms with Crippen molar-refractivity contribution in [3.05, 3.63) is 0 Å². The minimum atomic E-state index is -4.17. The lowest BCUT2D eigenvalue weighted by atomic mass is 9.86. The summed E-state index contributed by atoms with van der Waals surface area (Å²) < 4.78 is 39.2. The van der Waals surface area contributed by atoms with Crippen molar-refractivity contribution >= 4 is 0 Å². The third-order valence-corrected chi connectivity index (χ3v) is 4.07. The number of halogens is 3. The van der Waals surface area contributed by atoms with E-state index in [1.54, 1.807) is 0 Å². The van der Waals surface area contributed by atoms with Gasteiger partial charge in [-0.15, -0.1) is 0 Å². The maximum absolute atomic E-state index is 13.1. The lowest BCUT2D eigenvalue weighted by Gasteiger charge is -2.29. The van der Waals surface area contributed by atoms with Gasteiger partial charge in [-0.25, -0.2) is 0 Å². The van der Waals surface area contributed by atoms with E-state index in [0.29, 0.717) is 6.04 Å². The van der Waals surface area contributed by atoms with Crippen LogP contribution in [0.3, 0.4) is 0 Å². The van der Waals surface area contributed by atoms with Gasteiger partial charge in [0.05, 0.1) is 0 Å². The summed E-state index contributed by atoms with van der Waals surface area (Å²) in [6.45, 7) is 15.1. The van der Waals surface area contributed by atoms with Gasteiger partial charge in [0.25, 0.3) is 0 Å². The highest BCUT2D eigenvalue weighted by Crippen LogP contribution is 2.27. The Morgan fingerprint density at radius 3 is 1.96 bits per heavy atom. The first kappa shape index (κ1) is 22.7. The van der Waals surface area contributed by atoms with Crippen LogP contribution in [0.25, 0.3) is 0 Å². The molecule has 0 radical (unpaired) electrons. The van der Waals surface area contributed by atoms with E-state index < -0.39 is 12.2 Å². The Balaban J connectivity index is 4.24. The Kier molecular flexibility index (Phi) is 9.75. The second-order valence-electron chi connectivity index (χ2n) is 8.38. The first-order chi connectivity index (χ1) is 10.3. The van der Waals surface area contributed by atoms with E-state index in [4.69, 9.17) is 0 Å². The number of nitrogens with one attached hydrogen (secondary N) is 2. The molecule has 23 heavy (non-hydrogen) atoms. The zero-order chi connectivity index (χ0) is 18.3. The Hall–Kier alpha value is -0.290. The summed E-state index contributed by atoms with van der Waals surface area (Å²) in [5, 5.41) is 6.22. The molecule has 0 aromatic heterocycles. The third kappa shape index (κ3) is 11.8. The van der Waals surface area contributed by atoms with Gasteiger partial charge in [-0.1, -0.05) is 48.0 Å². The van der Waals surface area contributed by atoms with Crippen LogP contribution in [0, 0.1) is 11.3 Å². The predicted octanol–water partition coefficient (Wildman–Crippen LogP) is 5.14. The van der Waals surface area contributed by atoms with E-state index in [1.807, 2.05) is 20.8 Å². The normalized spacial score (nSPS) is 16.2. The first-order valence-electron chi connectivity index (χ1n) is 8.89. The fourth-order valence-corrected chi connectivity index (χ4v) is 2.65. The largest absolute Gasteiger partial charge is 0.403 e. The summed E-state index contributed by atoms with van der Waals surface area (Å²) in [5.74, 6) is 0.0300. The molecule has 0 saturated heterocycles. The van der Waals surface area contributed by atoms with E-state index in [-0.39, 0.29) is 23.8 Å². The Bertz CT molecular complexity index is 312. The van der Waals surface area contributed by atoms with Crippen LogP contribution in [-0.2, 0) is 0 Å². The molecule has 0 aromatic rings. The molecule has 0 amide bonds. The van der Waals surface area contributed by atoms with Crippen LogP contribution in [0.2, 0.25) is 0 Å². The molecule has 5 heteroatoms. The van der Waals surface area contributed by atoms with Crippen LogP contribution in [0.1, 0.15) is 74.1 Å². The Labute approximate surface area is 141 Å².